The van der Waals surface area contributed by atoms with Crippen LogP contribution in [0.15, 0.2) is 28.7 Å². The molecule has 6 nitrogen and oxygen atoms in total. The van der Waals surface area contributed by atoms with E-state index >= 15 is 0 Å². The fourth-order valence-corrected chi connectivity index (χ4v) is 1.69. The van der Waals surface area contributed by atoms with Crippen LogP contribution in [0.2, 0.25) is 0 Å². The van der Waals surface area contributed by atoms with E-state index in [1.54, 1.807) is 6.07 Å². The van der Waals surface area contributed by atoms with Gasteiger partial charge in [-0.05, 0) is 19.1 Å². The number of nitrogens with zero attached hydrogens (tertiary/aromatic N) is 1. The Morgan fingerprint density at radius 2 is 1.85 bits per heavy atom. The summed E-state index contributed by atoms with van der Waals surface area (Å²) in [6.07, 6.45) is 0. The van der Waals surface area contributed by atoms with Gasteiger partial charge in [0.15, 0.2) is 0 Å². The highest BCUT2D eigenvalue weighted by atomic mass is 16.5. The molecule has 0 saturated carbocycles. The lowest BCUT2D eigenvalue weighted by Gasteiger charge is -1.97. The predicted octanol–water partition coefficient (Wildman–Crippen LogP) is 2.22. The van der Waals surface area contributed by atoms with Crippen molar-refractivity contribution in [1.29, 1.82) is 0 Å². The van der Waals surface area contributed by atoms with Crippen molar-refractivity contribution in [3.63, 3.8) is 0 Å². The molecule has 0 aliphatic heterocycles. The third-order valence-corrected chi connectivity index (χ3v) is 2.64. The number of aryl methyl sites for hydroxylation is 1. The largest absolute Gasteiger partial charge is 0.464 e. The number of oxazole rings is 1. The minimum absolute atomic E-state index is 0.162. The number of methoxy groups -OCH3 is 2. The van der Waals surface area contributed by atoms with Crippen LogP contribution in [-0.4, -0.2) is 31.1 Å². The Labute approximate surface area is 115 Å². The molecule has 0 unspecified atom stereocenters. The zero-order chi connectivity index (χ0) is 14.7. The summed E-state index contributed by atoms with van der Waals surface area (Å²) in [5.74, 6) is -1.64. The van der Waals surface area contributed by atoms with Crippen LogP contribution in [0, 0.1) is 6.92 Å². The van der Waals surface area contributed by atoms with Gasteiger partial charge in [0.1, 0.15) is 0 Å². The number of hydrogen-bond donors (Lipinski definition) is 0. The van der Waals surface area contributed by atoms with Crippen LogP contribution in [0.25, 0.3) is 11.5 Å². The van der Waals surface area contributed by atoms with E-state index in [2.05, 4.69) is 14.5 Å². The summed E-state index contributed by atoms with van der Waals surface area (Å²) in [6.45, 7) is 1.91. The molecule has 1 heterocycles. The lowest BCUT2D eigenvalue weighted by molar-refractivity contribution is 0.0527. The quantitative estimate of drug-likeness (QED) is 0.799. The standard InChI is InChI=1S/C14H13NO5/c1-8-5-4-6-9(7-8)12-15-10(13(16)18-2)11(20-12)14(17)19-3/h4-7H,1-3H3. The Kier molecular flexibility index (Phi) is 3.84. The summed E-state index contributed by atoms with van der Waals surface area (Å²) in [4.78, 5) is 27.2. The molecule has 0 aliphatic rings. The third kappa shape index (κ3) is 2.54. The van der Waals surface area contributed by atoms with Gasteiger partial charge in [-0.25, -0.2) is 14.6 Å². The first kappa shape index (κ1) is 13.8. The Morgan fingerprint density at radius 3 is 2.45 bits per heavy atom. The minimum Gasteiger partial charge on any atom is -0.464 e. The number of ether oxygens (including phenoxy) is 2. The molecular formula is C14H13NO5. The monoisotopic (exact) mass is 275 g/mol. The van der Waals surface area contributed by atoms with E-state index in [4.69, 9.17) is 4.42 Å². The first-order chi connectivity index (χ1) is 9.56. The van der Waals surface area contributed by atoms with Crippen molar-refractivity contribution in [1.82, 2.24) is 4.98 Å². The van der Waals surface area contributed by atoms with Gasteiger partial charge < -0.3 is 13.9 Å². The molecule has 0 amide bonds. The molecule has 2 aromatic rings. The normalized spacial score (nSPS) is 10.2. The number of esters is 2. The third-order valence-electron chi connectivity index (χ3n) is 2.64. The molecule has 6 heteroatoms. The van der Waals surface area contributed by atoms with E-state index in [1.807, 2.05) is 25.1 Å². The molecule has 1 aromatic heterocycles. The van der Waals surface area contributed by atoms with Gasteiger partial charge in [0, 0.05) is 5.56 Å². The van der Waals surface area contributed by atoms with Gasteiger partial charge in [-0.1, -0.05) is 17.7 Å². The zero-order valence-corrected chi connectivity index (χ0v) is 11.3. The summed E-state index contributed by atoms with van der Waals surface area (Å²) in [7, 11) is 2.39. The zero-order valence-electron chi connectivity index (χ0n) is 11.3. The number of aromatic nitrogens is 1. The first-order valence-electron chi connectivity index (χ1n) is 5.81. The number of hydrogen-bond acceptors (Lipinski definition) is 6. The predicted molar refractivity (Wildman–Crippen MR) is 69.4 cm³/mol. The molecule has 1 aromatic carbocycles. The molecule has 0 bridgehead atoms. The van der Waals surface area contributed by atoms with Crippen LogP contribution < -0.4 is 0 Å². The molecule has 104 valence electrons. The van der Waals surface area contributed by atoms with Crippen LogP contribution in [0.1, 0.15) is 26.6 Å². The maximum absolute atomic E-state index is 11.6. The lowest BCUT2D eigenvalue weighted by Crippen LogP contribution is -2.10. The Hall–Kier alpha value is -2.63. The summed E-state index contributed by atoms with van der Waals surface area (Å²) < 4.78 is 14.5. The van der Waals surface area contributed by atoms with Gasteiger partial charge in [0.2, 0.25) is 17.3 Å². The lowest BCUT2D eigenvalue weighted by atomic mass is 10.1. The van der Waals surface area contributed by atoms with E-state index < -0.39 is 11.9 Å². The number of benzene rings is 1. The second kappa shape index (κ2) is 5.56. The van der Waals surface area contributed by atoms with Crippen LogP contribution in [0.3, 0.4) is 0 Å². The topological polar surface area (TPSA) is 78.6 Å². The van der Waals surface area contributed by atoms with Gasteiger partial charge in [0.05, 0.1) is 14.2 Å². The van der Waals surface area contributed by atoms with E-state index in [9.17, 15) is 9.59 Å². The molecule has 20 heavy (non-hydrogen) atoms. The highest BCUT2D eigenvalue weighted by Gasteiger charge is 2.27. The van der Waals surface area contributed by atoms with Crippen LogP contribution in [0.5, 0.6) is 0 Å². The molecule has 0 fully saturated rings. The van der Waals surface area contributed by atoms with Crippen LogP contribution in [0.4, 0.5) is 0 Å². The Bertz CT molecular complexity index is 626. The van der Waals surface area contributed by atoms with E-state index in [0.717, 1.165) is 5.56 Å². The molecule has 0 N–H and O–H groups in total. The van der Waals surface area contributed by atoms with Crippen molar-refractivity contribution in [2.24, 2.45) is 0 Å². The Morgan fingerprint density at radius 1 is 1.15 bits per heavy atom. The summed E-state index contributed by atoms with van der Waals surface area (Å²) >= 11 is 0. The van der Waals surface area contributed by atoms with Gasteiger partial charge in [0.25, 0.3) is 0 Å². The smallest absolute Gasteiger partial charge is 0.376 e. The Balaban J connectivity index is 2.54. The van der Waals surface area contributed by atoms with Crippen molar-refractivity contribution in [2.45, 2.75) is 6.92 Å². The highest BCUT2D eigenvalue weighted by Crippen LogP contribution is 2.24. The fraction of sp³-hybridized carbons (Fsp3) is 0.214. The van der Waals surface area contributed by atoms with Gasteiger partial charge in [-0.2, -0.15) is 0 Å². The number of rotatable bonds is 3. The maximum atomic E-state index is 11.6. The van der Waals surface area contributed by atoms with Crippen molar-refractivity contribution < 1.29 is 23.5 Å². The molecule has 2 rings (SSSR count). The van der Waals surface area contributed by atoms with Crippen molar-refractivity contribution in [3.05, 3.63) is 41.3 Å². The molecule has 0 spiro atoms. The van der Waals surface area contributed by atoms with Gasteiger partial charge in [-0.3, -0.25) is 0 Å². The second-order valence-electron chi connectivity index (χ2n) is 4.05. The van der Waals surface area contributed by atoms with Gasteiger partial charge >= 0.3 is 11.9 Å². The molecule has 0 aliphatic carbocycles. The molecular weight excluding hydrogens is 262 g/mol. The summed E-state index contributed by atoms with van der Waals surface area (Å²) in [5, 5.41) is 0. The van der Waals surface area contributed by atoms with E-state index in [0.29, 0.717) is 5.56 Å². The average Bonchev–Trinajstić information content (AvgIpc) is 2.90. The van der Waals surface area contributed by atoms with Crippen LogP contribution >= 0.6 is 0 Å². The van der Waals surface area contributed by atoms with Crippen molar-refractivity contribution in [3.8, 4) is 11.5 Å². The average molecular weight is 275 g/mol. The number of carbonyl (C=O) groups is 2. The van der Waals surface area contributed by atoms with E-state index in [1.165, 1.54) is 14.2 Å². The number of carbonyl (C=O) groups excluding carboxylic acids is 2. The first-order valence-corrected chi connectivity index (χ1v) is 5.81. The maximum Gasteiger partial charge on any atom is 0.376 e. The molecule has 0 saturated heterocycles. The van der Waals surface area contributed by atoms with Crippen LogP contribution in [-0.2, 0) is 9.47 Å². The highest BCUT2D eigenvalue weighted by molar-refractivity contribution is 6.00. The van der Waals surface area contributed by atoms with Crippen molar-refractivity contribution >= 4 is 11.9 Å². The van der Waals surface area contributed by atoms with Crippen molar-refractivity contribution in [2.75, 3.05) is 14.2 Å². The molecule has 0 radical (unpaired) electrons. The molecule has 0 atom stereocenters. The minimum atomic E-state index is -0.781. The fourth-order valence-electron chi connectivity index (χ4n) is 1.69. The second-order valence-corrected chi connectivity index (χ2v) is 4.05. The van der Waals surface area contributed by atoms with E-state index in [-0.39, 0.29) is 17.3 Å². The summed E-state index contributed by atoms with van der Waals surface area (Å²) in [6, 6.07) is 7.33. The summed E-state index contributed by atoms with van der Waals surface area (Å²) in [5.41, 5.74) is 1.46. The SMILES string of the molecule is COC(=O)c1nc(-c2cccc(C)c2)oc1C(=O)OC. The van der Waals surface area contributed by atoms with Gasteiger partial charge in [-0.15, -0.1) is 0 Å².